The molecule has 0 saturated heterocycles. The first-order valence-corrected chi connectivity index (χ1v) is 7.76. The molecule has 3 rings (SSSR count). The molecule has 25 heavy (non-hydrogen) atoms. The van der Waals surface area contributed by atoms with E-state index in [-0.39, 0.29) is 5.69 Å². The second kappa shape index (κ2) is 6.08. The zero-order valence-electron chi connectivity index (χ0n) is 13.2. The first kappa shape index (κ1) is 17.3. The van der Waals surface area contributed by atoms with Crippen LogP contribution in [-0.4, -0.2) is 16.7 Å². The van der Waals surface area contributed by atoms with Gasteiger partial charge in [-0.05, 0) is 23.8 Å². The predicted molar refractivity (Wildman–Crippen MR) is 93.8 cm³/mol. The Morgan fingerprint density at radius 3 is 2.24 bits per heavy atom. The molecule has 0 radical (unpaired) electrons. The van der Waals surface area contributed by atoms with Gasteiger partial charge >= 0.3 is 6.18 Å². The third-order valence-electron chi connectivity index (χ3n) is 3.95. The molecule has 0 spiro atoms. The average molecular weight is 364 g/mol. The maximum Gasteiger partial charge on any atom is 0.417 e. The van der Waals surface area contributed by atoms with Crippen molar-refractivity contribution in [2.45, 2.75) is 13.1 Å². The highest BCUT2D eigenvalue weighted by Crippen LogP contribution is 2.43. The summed E-state index contributed by atoms with van der Waals surface area (Å²) in [5.74, 6) is -0.517. The lowest BCUT2D eigenvalue weighted by atomic mass is 9.98. The van der Waals surface area contributed by atoms with Gasteiger partial charge in [0.2, 0.25) is 5.91 Å². The van der Waals surface area contributed by atoms with Gasteiger partial charge in [-0.1, -0.05) is 48.5 Å². The minimum Gasteiger partial charge on any atom is -0.279 e. The monoisotopic (exact) mass is 363 g/mol. The van der Waals surface area contributed by atoms with Crippen LogP contribution in [0.15, 0.2) is 55.1 Å². The van der Waals surface area contributed by atoms with Crippen LogP contribution in [-0.2, 0) is 0 Å². The SMILES string of the molecule is C=C(c1c(-c2ccc(Cl)cc2)c2ccccc2n1C(C)=O)C(F)(F)F. The van der Waals surface area contributed by atoms with E-state index in [1.54, 1.807) is 48.5 Å². The van der Waals surface area contributed by atoms with Gasteiger partial charge in [-0.15, -0.1) is 0 Å². The molecular formula is C19H13ClF3NO. The van der Waals surface area contributed by atoms with Crippen LogP contribution in [0.2, 0.25) is 5.02 Å². The summed E-state index contributed by atoms with van der Waals surface area (Å²) in [5, 5.41) is 1.01. The Labute approximate surface area is 147 Å². The molecule has 2 aromatic carbocycles. The minimum absolute atomic E-state index is 0.247. The number of carbonyl (C=O) groups excluding carboxylic acids is 1. The highest BCUT2D eigenvalue weighted by atomic mass is 35.5. The van der Waals surface area contributed by atoms with Crippen molar-refractivity contribution in [2.24, 2.45) is 0 Å². The van der Waals surface area contributed by atoms with E-state index in [0.717, 1.165) is 4.57 Å². The number of allylic oxidation sites excluding steroid dienone is 1. The van der Waals surface area contributed by atoms with Gasteiger partial charge in [0.25, 0.3) is 0 Å². The molecule has 2 nitrogen and oxygen atoms in total. The average Bonchev–Trinajstić information content (AvgIpc) is 2.89. The molecule has 6 heteroatoms. The summed E-state index contributed by atoms with van der Waals surface area (Å²) in [6.45, 7) is 4.44. The second-order valence-corrected chi connectivity index (χ2v) is 6.01. The quantitative estimate of drug-likeness (QED) is 0.531. The summed E-state index contributed by atoms with van der Waals surface area (Å²) in [7, 11) is 0. The number of hydrogen-bond acceptors (Lipinski definition) is 1. The molecule has 0 bridgehead atoms. The maximum atomic E-state index is 13.4. The number of alkyl halides is 3. The predicted octanol–water partition coefficient (Wildman–Crippen LogP) is 6.20. The minimum atomic E-state index is -4.66. The zero-order chi connectivity index (χ0) is 18.4. The first-order valence-electron chi connectivity index (χ1n) is 7.38. The van der Waals surface area contributed by atoms with E-state index < -0.39 is 17.7 Å². The van der Waals surface area contributed by atoms with Crippen molar-refractivity contribution in [2.75, 3.05) is 0 Å². The van der Waals surface area contributed by atoms with Gasteiger partial charge in [-0.3, -0.25) is 9.36 Å². The van der Waals surface area contributed by atoms with E-state index in [1.165, 1.54) is 6.92 Å². The smallest absolute Gasteiger partial charge is 0.279 e. The molecule has 0 aliphatic carbocycles. The summed E-state index contributed by atoms with van der Waals surface area (Å²) in [5.41, 5.74) is -0.0708. The second-order valence-electron chi connectivity index (χ2n) is 5.58. The topological polar surface area (TPSA) is 22.0 Å². The Bertz CT molecular complexity index is 984. The Hall–Kier alpha value is -2.53. The van der Waals surface area contributed by atoms with Crippen LogP contribution in [0.1, 0.15) is 17.4 Å². The normalized spacial score (nSPS) is 11.7. The lowest BCUT2D eigenvalue weighted by molar-refractivity contribution is -0.0689. The number of para-hydroxylation sites is 1. The Morgan fingerprint density at radius 1 is 1.08 bits per heavy atom. The lowest BCUT2D eigenvalue weighted by Crippen LogP contribution is -2.17. The van der Waals surface area contributed by atoms with Crippen LogP contribution in [0.3, 0.4) is 0 Å². The van der Waals surface area contributed by atoms with Gasteiger partial charge in [-0.2, -0.15) is 13.2 Å². The molecule has 0 aliphatic rings. The number of halogens is 4. The summed E-state index contributed by atoms with van der Waals surface area (Å²) in [4.78, 5) is 12.1. The Balaban J connectivity index is 2.47. The molecule has 0 unspecified atom stereocenters. The number of rotatable bonds is 2. The Morgan fingerprint density at radius 2 is 1.68 bits per heavy atom. The van der Waals surface area contributed by atoms with Gasteiger partial charge in [0.15, 0.2) is 0 Å². The zero-order valence-corrected chi connectivity index (χ0v) is 13.9. The number of nitrogens with zero attached hydrogens (tertiary/aromatic N) is 1. The van der Waals surface area contributed by atoms with Crippen LogP contribution in [0.5, 0.6) is 0 Å². The summed E-state index contributed by atoms with van der Waals surface area (Å²) in [6, 6.07) is 13.1. The highest BCUT2D eigenvalue weighted by Gasteiger charge is 2.38. The van der Waals surface area contributed by atoms with Gasteiger partial charge < -0.3 is 0 Å². The van der Waals surface area contributed by atoms with Gasteiger partial charge in [0.1, 0.15) is 0 Å². The van der Waals surface area contributed by atoms with E-state index in [2.05, 4.69) is 6.58 Å². The van der Waals surface area contributed by atoms with Crippen molar-refractivity contribution in [1.29, 1.82) is 0 Å². The van der Waals surface area contributed by atoms with E-state index >= 15 is 0 Å². The third kappa shape index (κ3) is 2.96. The standard InChI is InChI=1S/C19H13ClF3NO/c1-11(19(21,22)23)18-17(13-7-9-14(20)10-8-13)15-5-3-4-6-16(15)24(18)12(2)25/h3-10H,1H2,2H3. The molecule has 0 fully saturated rings. The fraction of sp³-hybridized carbons (Fsp3) is 0.105. The molecule has 0 amide bonds. The van der Waals surface area contributed by atoms with E-state index in [4.69, 9.17) is 11.6 Å². The Kier molecular flexibility index (Phi) is 4.21. The molecule has 1 heterocycles. The molecular weight excluding hydrogens is 351 g/mol. The van der Waals surface area contributed by atoms with Crippen molar-refractivity contribution in [1.82, 2.24) is 4.57 Å². The number of benzene rings is 2. The third-order valence-corrected chi connectivity index (χ3v) is 4.20. The number of aromatic nitrogens is 1. The van der Waals surface area contributed by atoms with Crippen molar-refractivity contribution in [3.05, 3.63) is 65.8 Å². The van der Waals surface area contributed by atoms with Gasteiger partial charge in [0.05, 0.1) is 16.8 Å². The summed E-state index contributed by atoms with van der Waals surface area (Å²) >= 11 is 5.89. The maximum absolute atomic E-state index is 13.4. The largest absolute Gasteiger partial charge is 0.417 e. The number of hydrogen-bond donors (Lipinski definition) is 0. The number of fused-ring (bicyclic) bond motifs is 1. The molecule has 128 valence electrons. The van der Waals surface area contributed by atoms with Crippen molar-refractivity contribution >= 4 is 34.0 Å². The van der Waals surface area contributed by atoms with E-state index in [9.17, 15) is 18.0 Å². The van der Waals surface area contributed by atoms with Crippen molar-refractivity contribution < 1.29 is 18.0 Å². The van der Waals surface area contributed by atoms with Crippen LogP contribution >= 0.6 is 11.6 Å². The lowest BCUT2D eigenvalue weighted by Gasteiger charge is -2.15. The molecule has 0 atom stereocenters. The summed E-state index contributed by atoms with van der Waals surface area (Å²) in [6.07, 6.45) is -4.66. The molecule has 1 aromatic heterocycles. The molecule has 0 N–H and O–H groups in total. The van der Waals surface area contributed by atoms with Crippen LogP contribution in [0.4, 0.5) is 13.2 Å². The number of carbonyl (C=O) groups is 1. The van der Waals surface area contributed by atoms with Gasteiger partial charge in [-0.25, -0.2) is 0 Å². The molecule has 0 saturated carbocycles. The molecule has 3 aromatic rings. The van der Waals surface area contributed by atoms with Crippen LogP contribution in [0.25, 0.3) is 27.6 Å². The summed E-state index contributed by atoms with van der Waals surface area (Å²) < 4.78 is 41.3. The van der Waals surface area contributed by atoms with Crippen molar-refractivity contribution in [3.63, 3.8) is 0 Å². The van der Waals surface area contributed by atoms with Crippen molar-refractivity contribution in [3.8, 4) is 11.1 Å². The highest BCUT2D eigenvalue weighted by molar-refractivity contribution is 6.30. The van der Waals surface area contributed by atoms with Crippen LogP contribution in [0, 0.1) is 0 Å². The van der Waals surface area contributed by atoms with E-state index in [1.807, 2.05) is 0 Å². The van der Waals surface area contributed by atoms with Crippen LogP contribution < -0.4 is 0 Å². The van der Waals surface area contributed by atoms with E-state index in [0.29, 0.717) is 27.1 Å². The fourth-order valence-electron chi connectivity index (χ4n) is 2.90. The fourth-order valence-corrected chi connectivity index (χ4v) is 3.02. The first-order chi connectivity index (χ1) is 11.7. The van der Waals surface area contributed by atoms with Gasteiger partial charge in [0, 0.05) is 22.9 Å². The molecule has 0 aliphatic heterocycles.